The van der Waals surface area contributed by atoms with Crippen molar-refractivity contribution in [3.8, 4) is 0 Å². The van der Waals surface area contributed by atoms with Crippen molar-refractivity contribution in [1.29, 1.82) is 0 Å². The molecule has 1 saturated heterocycles. The normalized spacial score (nSPS) is 15.4. The summed E-state index contributed by atoms with van der Waals surface area (Å²) in [7, 11) is 2.09. The van der Waals surface area contributed by atoms with Crippen molar-refractivity contribution in [3.63, 3.8) is 0 Å². The van der Waals surface area contributed by atoms with Crippen molar-refractivity contribution < 1.29 is 4.79 Å². The van der Waals surface area contributed by atoms with Gasteiger partial charge in [-0.1, -0.05) is 23.2 Å². The molecule has 0 radical (unpaired) electrons. The Morgan fingerprint density at radius 1 is 1.12 bits per heavy atom. The molecule has 8 heteroatoms. The fraction of sp³-hybridized carbons (Fsp3) is 0.312. The highest BCUT2D eigenvalue weighted by Gasteiger charge is 2.17. The van der Waals surface area contributed by atoms with E-state index in [1.807, 2.05) is 0 Å². The van der Waals surface area contributed by atoms with Crippen LogP contribution in [0.2, 0.25) is 10.0 Å². The molecule has 1 aliphatic heterocycles. The van der Waals surface area contributed by atoms with Gasteiger partial charge in [-0.3, -0.25) is 4.79 Å². The lowest BCUT2D eigenvalue weighted by Gasteiger charge is -2.33. The second-order valence-electron chi connectivity index (χ2n) is 5.63. The van der Waals surface area contributed by atoms with Crippen molar-refractivity contribution in [3.05, 3.63) is 46.3 Å². The van der Waals surface area contributed by atoms with Crippen LogP contribution in [0.25, 0.3) is 0 Å². The molecular formula is C16H17Cl2N5O. The van der Waals surface area contributed by atoms with Crippen molar-refractivity contribution in [2.45, 2.75) is 0 Å². The summed E-state index contributed by atoms with van der Waals surface area (Å²) >= 11 is 11.9. The summed E-state index contributed by atoms with van der Waals surface area (Å²) in [4.78, 5) is 25.2. The van der Waals surface area contributed by atoms with Gasteiger partial charge in [-0.05, 0) is 25.2 Å². The molecule has 6 nitrogen and oxygen atoms in total. The number of rotatable bonds is 3. The number of hydrogen-bond acceptors (Lipinski definition) is 5. The monoisotopic (exact) mass is 365 g/mol. The number of halogens is 2. The fourth-order valence-electron chi connectivity index (χ4n) is 2.46. The van der Waals surface area contributed by atoms with Gasteiger partial charge in [0.05, 0.1) is 10.7 Å². The van der Waals surface area contributed by atoms with Gasteiger partial charge < -0.3 is 15.1 Å². The predicted molar refractivity (Wildman–Crippen MR) is 96.2 cm³/mol. The minimum Gasteiger partial charge on any atom is -0.354 e. The zero-order valence-electron chi connectivity index (χ0n) is 13.2. The molecule has 0 spiro atoms. The summed E-state index contributed by atoms with van der Waals surface area (Å²) in [5, 5.41) is 3.63. The molecule has 24 heavy (non-hydrogen) atoms. The van der Waals surface area contributed by atoms with Crippen molar-refractivity contribution in [2.24, 2.45) is 0 Å². The van der Waals surface area contributed by atoms with Crippen LogP contribution in [0.5, 0.6) is 0 Å². The largest absolute Gasteiger partial charge is 0.354 e. The van der Waals surface area contributed by atoms with E-state index >= 15 is 0 Å². The SMILES string of the molecule is CN1CCN(c2cc(C(=O)Nc3ccc(Cl)cc3Cl)ncn2)CC1. The van der Waals surface area contributed by atoms with Crippen LogP contribution in [-0.4, -0.2) is 54.0 Å². The van der Waals surface area contributed by atoms with Crippen LogP contribution in [-0.2, 0) is 0 Å². The third-order valence-electron chi connectivity index (χ3n) is 3.89. The molecule has 126 valence electrons. The van der Waals surface area contributed by atoms with Gasteiger partial charge in [0.25, 0.3) is 5.91 Å². The number of nitrogens with one attached hydrogen (secondary N) is 1. The molecule has 0 unspecified atom stereocenters. The van der Waals surface area contributed by atoms with E-state index in [-0.39, 0.29) is 5.91 Å². The van der Waals surface area contributed by atoms with Gasteiger partial charge in [0.15, 0.2) is 0 Å². The summed E-state index contributed by atoms with van der Waals surface area (Å²) in [6.45, 7) is 3.67. The van der Waals surface area contributed by atoms with E-state index < -0.39 is 0 Å². The minimum atomic E-state index is -0.336. The minimum absolute atomic E-state index is 0.296. The summed E-state index contributed by atoms with van der Waals surface area (Å²) < 4.78 is 0. The van der Waals surface area contributed by atoms with E-state index in [9.17, 15) is 4.79 Å². The number of nitrogens with zero attached hydrogens (tertiary/aromatic N) is 4. The molecule has 0 aliphatic carbocycles. The van der Waals surface area contributed by atoms with Crippen LogP contribution >= 0.6 is 23.2 Å². The number of carbonyl (C=O) groups excluding carboxylic acids is 1. The summed E-state index contributed by atoms with van der Waals surface area (Å²) in [5.41, 5.74) is 0.788. The highest BCUT2D eigenvalue weighted by molar-refractivity contribution is 6.36. The lowest BCUT2D eigenvalue weighted by molar-refractivity contribution is 0.102. The molecule has 0 bridgehead atoms. The topological polar surface area (TPSA) is 61.4 Å². The molecule has 1 amide bonds. The lowest BCUT2D eigenvalue weighted by atomic mass is 10.2. The summed E-state index contributed by atoms with van der Waals surface area (Å²) in [6.07, 6.45) is 1.41. The number of benzene rings is 1. The molecule has 1 aromatic carbocycles. The Bertz CT molecular complexity index is 747. The maximum Gasteiger partial charge on any atom is 0.274 e. The number of carbonyl (C=O) groups is 1. The highest BCUT2D eigenvalue weighted by Crippen LogP contribution is 2.25. The Morgan fingerprint density at radius 3 is 2.58 bits per heavy atom. The van der Waals surface area contributed by atoms with Crippen molar-refractivity contribution in [2.75, 3.05) is 43.4 Å². The predicted octanol–water partition coefficient (Wildman–Crippen LogP) is 2.79. The molecule has 1 fully saturated rings. The fourth-order valence-corrected chi connectivity index (χ4v) is 2.91. The third-order valence-corrected chi connectivity index (χ3v) is 4.44. The van der Waals surface area contributed by atoms with Crippen LogP contribution in [0, 0.1) is 0 Å². The van der Waals surface area contributed by atoms with Gasteiger partial charge in [-0.2, -0.15) is 0 Å². The lowest BCUT2D eigenvalue weighted by Crippen LogP contribution is -2.44. The van der Waals surface area contributed by atoms with Crippen LogP contribution in [0.15, 0.2) is 30.6 Å². The number of likely N-dealkylation sites (N-methyl/N-ethyl adjacent to an activating group) is 1. The zero-order chi connectivity index (χ0) is 17.1. The van der Waals surface area contributed by atoms with Gasteiger partial charge >= 0.3 is 0 Å². The Kier molecular flexibility index (Phi) is 5.18. The van der Waals surface area contributed by atoms with E-state index in [1.165, 1.54) is 6.33 Å². The van der Waals surface area contributed by atoms with E-state index in [2.05, 4.69) is 32.1 Å². The Labute approximate surface area is 150 Å². The second kappa shape index (κ2) is 7.34. The summed E-state index contributed by atoms with van der Waals surface area (Å²) in [5.74, 6) is 0.419. The van der Waals surface area contributed by atoms with Crippen LogP contribution < -0.4 is 10.2 Å². The van der Waals surface area contributed by atoms with Gasteiger partial charge in [0.2, 0.25) is 0 Å². The average Bonchev–Trinajstić information content (AvgIpc) is 2.58. The van der Waals surface area contributed by atoms with E-state index in [0.717, 1.165) is 32.0 Å². The quantitative estimate of drug-likeness (QED) is 0.905. The molecule has 2 heterocycles. The van der Waals surface area contributed by atoms with E-state index in [4.69, 9.17) is 23.2 Å². The molecule has 1 N–H and O–H groups in total. The first-order chi connectivity index (χ1) is 11.5. The second-order valence-corrected chi connectivity index (χ2v) is 6.47. The number of aromatic nitrogens is 2. The zero-order valence-corrected chi connectivity index (χ0v) is 14.7. The Balaban J connectivity index is 1.74. The molecule has 1 aromatic heterocycles. The maximum absolute atomic E-state index is 12.4. The third kappa shape index (κ3) is 3.95. The van der Waals surface area contributed by atoms with Gasteiger partial charge in [0.1, 0.15) is 17.8 Å². The molecule has 0 atom stereocenters. The molecule has 3 rings (SSSR count). The van der Waals surface area contributed by atoms with Crippen LogP contribution in [0.1, 0.15) is 10.5 Å². The van der Waals surface area contributed by atoms with Crippen molar-refractivity contribution >= 4 is 40.6 Å². The smallest absolute Gasteiger partial charge is 0.274 e. The number of amides is 1. The molecule has 0 saturated carbocycles. The van der Waals surface area contributed by atoms with Gasteiger partial charge in [-0.15, -0.1) is 0 Å². The van der Waals surface area contributed by atoms with Crippen molar-refractivity contribution in [1.82, 2.24) is 14.9 Å². The standard InChI is InChI=1S/C16H17Cl2N5O/c1-22-4-6-23(7-5-22)15-9-14(19-10-20-15)16(24)21-13-3-2-11(17)8-12(13)18/h2-3,8-10H,4-7H2,1H3,(H,21,24). The Morgan fingerprint density at radius 2 is 1.88 bits per heavy atom. The first-order valence-corrected chi connectivity index (χ1v) is 8.30. The number of hydrogen-bond donors (Lipinski definition) is 1. The Hall–Kier alpha value is -1.89. The van der Waals surface area contributed by atoms with E-state index in [0.29, 0.717) is 21.4 Å². The number of piperazine rings is 1. The average molecular weight is 366 g/mol. The number of anilines is 2. The van der Waals surface area contributed by atoms with Crippen LogP contribution in [0.4, 0.5) is 11.5 Å². The summed E-state index contributed by atoms with van der Waals surface area (Å²) in [6, 6.07) is 6.60. The van der Waals surface area contributed by atoms with E-state index in [1.54, 1.807) is 24.3 Å². The highest BCUT2D eigenvalue weighted by atomic mass is 35.5. The molecule has 2 aromatic rings. The van der Waals surface area contributed by atoms with Gasteiger partial charge in [-0.25, -0.2) is 9.97 Å². The first-order valence-electron chi connectivity index (χ1n) is 7.55. The van der Waals surface area contributed by atoms with Crippen LogP contribution in [0.3, 0.4) is 0 Å². The molecular weight excluding hydrogens is 349 g/mol. The molecule has 1 aliphatic rings. The first kappa shape index (κ1) is 17.0. The maximum atomic E-state index is 12.4. The van der Waals surface area contributed by atoms with Gasteiger partial charge in [0, 0.05) is 37.3 Å².